The molecule has 0 aromatic carbocycles. The summed E-state index contributed by atoms with van der Waals surface area (Å²) < 4.78 is 48.5. The number of nitriles is 1. The average molecular weight is 610 g/mol. The maximum absolute atomic E-state index is 13.5. The lowest BCUT2D eigenvalue weighted by atomic mass is 9.69. The van der Waals surface area contributed by atoms with Crippen molar-refractivity contribution in [3.63, 3.8) is 0 Å². The number of ether oxygens (including phenoxy) is 1. The summed E-state index contributed by atoms with van der Waals surface area (Å²) in [5.41, 5.74) is 1.45. The summed E-state index contributed by atoms with van der Waals surface area (Å²) in [5, 5.41) is 27.2. The summed E-state index contributed by atoms with van der Waals surface area (Å²) in [6.07, 6.45) is 5.99. The third-order valence-electron chi connectivity index (χ3n) is 8.61. The van der Waals surface area contributed by atoms with E-state index in [1.165, 1.54) is 6.33 Å². The lowest BCUT2D eigenvalue weighted by Gasteiger charge is -2.52. The van der Waals surface area contributed by atoms with Crippen LogP contribution in [0.15, 0.2) is 43.1 Å². The highest BCUT2D eigenvalue weighted by Crippen LogP contribution is 2.45. The first-order chi connectivity index (χ1) is 21.3. The predicted molar refractivity (Wildman–Crippen MR) is 154 cm³/mol. The number of nitrogens with one attached hydrogen (secondary N) is 2. The van der Waals surface area contributed by atoms with Crippen LogP contribution in [0.1, 0.15) is 49.8 Å². The lowest BCUT2D eigenvalue weighted by Crippen LogP contribution is -2.58. The molecule has 3 N–H and O–H groups in total. The maximum atomic E-state index is 13.5. The molecule has 14 heteroatoms. The molecule has 11 nitrogen and oxygen atoms in total. The molecule has 0 atom stereocenters. The van der Waals surface area contributed by atoms with Crippen LogP contribution < -0.4 is 10.1 Å². The normalized spacial score (nSPS) is 21.3. The third kappa shape index (κ3) is 6.26. The molecule has 0 bridgehead atoms. The molecule has 4 aromatic heterocycles. The van der Waals surface area contributed by atoms with Gasteiger partial charge in [0.2, 0.25) is 5.88 Å². The Labute approximate surface area is 252 Å². The molecule has 1 aliphatic carbocycles. The van der Waals surface area contributed by atoms with E-state index in [0.29, 0.717) is 37.8 Å². The highest BCUT2D eigenvalue weighted by Gasteiger charge is 2.49. The van der Waals surface area contributed by atoms with Gasteiger partial charge in [0.05, 0.1) is 29.9 Å². The predicted octanol–water partition coefficient (Wildman–Crippen LogP) is 4.02. The maximum Gasteiger partial charge on any atom is 0.433 e. The number of rotatable bonds is 11. The molecule has 6 rings (SSSR count). The number of aromatic amines is 1. The van der Waals surface area contributed by atoms with Crippen molar-refractivity contribution in [2.24, 2.45) is 0 Å². The molecule has 2 fully saturated rings. The minimum Gasteiger partial charge on any atom is -0.474 e. The number of hydrogen-bond donors (Lipinski definition) is 3. The second-order valence-electron chi connectivity index (χ2n) is 11.6. The number of aromatic nitrogens is 6. The van der Waals surface area contributed by atoms with Gasteiger partial charge in [-0.2, -0.15) is 23.5 Å². The van der Waals surface area contributed by atoms with Gasteiger partial charge in [-0.25, -0.2) is 15.0 Å². The van der Waals surface area contributed by atoms with Crippen molar-refractivity contribution in [2.45, 2.75) is 68.9 Å². The zero-order valence-electron chi connectivity index (χ0n) is 24.1. The molecule has 2 aliphatic rings. The third-order valence-corrected chi connectivity index (χ3v) is 8.61. The number of fused-ring (bicyclic) bond motifs is 1. The molecule has 5 heterocycles. The number of aliphatic hydroxyl groups is 1. The molecule has 1 saturated heterocycles. The fraction of sp³-hybridized carbons (Fsp3) is 0.500. The Hall–Kier alpha value is -4.06. The Morgan fingerprint density at radius 2 is 2.02 bits per heavy atom. The highest BCUT2D eigenvalue weighted by atomic mass is 19.4. The average Bonchev–Trinajstić information content (AvgIpc) is 3.68. The minimum atomic E-state index is -4.58. The largest absolute Gasteiger partial charge is 0.474 e. The zero-order chi connectivity index (χ0) is 30.7. The molecule has 0 spiro atoms. The van der Waals surface area contributed by atoms with Gasteiger partial charge < -0.3 is 20.1 Å². The van der Waals surface area contributed by atoms with E-state index < -0.39 is 17.4 Å². The van der Waals surface area contributed by atoms with Crippen molar-refractivity contribution < 1.29 is 23.0 Å². The van der Waals surface area contributed by atoms with Crippen molar-refractivity contribution in [1.29, 1.82) is 5.26 Å². The van der Waals surface area contributed by atoms with E-state index in [1.807, 2.05) is 23.1 Å². The van der Waals surface area contributed by atoms with E-state index in [9.17, 15) is 18.4 Å². The van der Waals surface area contributed by atoms with Gasteiger partial charge in [-0.15, -0.1) is 0 Å². The van der Waals surface area contributed by atoms with Crippen molar-refractivity contribution in [1.82, 2.24) is 39.9 Å². The molecule has 0 amide bonds. The van der Waals surface area contributed by atoms with Crippen LogP contribution in [-0.4, -0.2) is 78.1 Å². The second-order valence-corrected chi connectivity index (χ2v) is 11.6. The molecule has 0 unspecified atom stereocenters. The SMILES string of the molecule is N#CC[C@]1(n2cc(-c3ncnc4[nH]ccc34)cn2)C[C@H](N2CCC(Oc3cc(CNCCCO)cc(C(F)(F)F)n3)CC2)C1. The first-order valence-electron chi connectivity index (χ1n) is 14.8. The van der Waals surface area contributed by atoms with Crippen LogP contribution in [0.4, 0.5) is 13.2 Å². The van der Waals surface area contributed by atoms with Gasteiger partial charge in [0.15, 0.2) is 0 Å². The number of piperidine rings is 1. The molecule has 1 aliphatic heterocycles. The van der Waals surface area contributed by atoms with Crippen molar-refractivity contribution in [3.05, 3.63) is 54.4 Å². The van der Waals surface area contributed by atoms with Crippen LogP contribution >= 0.6 is 0 Å². The summed E-state index contributed by atoms with van der Waals surface area (Å²) in [7, 11) is 0. The van der Waals surface area contributed by atoms with E-state index in [0.717, 1.165) is 54.3 Å². The van der Waals surface area contributed by atoms with Crippen LogP contribution in [0, 0.1) is 11.3 Å². The van der Waals surface area contributed by atoms with Crippen molar-refractivity contribution >= 4 is 11.0 Å². The number of H-pyrrole nitrogens is 1. The molecule has 0 radical (unpaired) electrons. The van der Waals surface area contributed by atoms with Crippen molar-refractivity contribution in [2.75, 3.05) is 26.2 Å². The van der Waals surface area contributed by atoms with E-state index in [-0.39, 0.29) is 31.2 Å². The quantitative estimate of drug-likeness (QED) is 0.215. The van der Waals surface area contributed by atoms with Gasteiger partial charge in [0, 0.05) is 61.7 Å². The van der Waals surface area contributed by atoms with Gasteiger partial charge in [0.1, 0.15) is 23.8 Å². The number of aliphatic hydroxyl groups excluding tert-OH is 1. The Bertz CT molecular complexity index is 1620. The van der Waals surface area contributed by atoms with Gasteiger partial charge in [-0.3, -0.25) is 9.58 Å². The fourth-order valence-electron chi connectivity index (χ4n) is 6.28. The van der Waals surface area contributed by atoms with Crippen LogP contribution in [-0.2, 0) is 18.3 Å². The van der Waals surface area contributed by atoms with Crippen LogP contribution in [0.5, 0.6) is 5.88 Å². The summed E-state index contributed by atoms with van der Waals surface area (Å²) in [6.45, 7) is 2.20. The van der Waals surface area contributed by atoms with Crippen LogP contribution in [0.3, 0.4) is 0 Å². The van der Waals surface area contributed by atoms with E-state index in [4.69, 9.17) is 9.84 Å². The van der Waals surface area contributed by atoms with Gasteiger partial charge in [0.25, 0.3) is 0 Å². The number of nitrogens with zero attached hydrogens (tertiary/aromatic N) is 7. The molecule has 44 heavy (non-hydrogen) atoms. The Morgan fingerprint density at radius 3 is 2.77 bits per heavy atom. The van der Waals surface area contributed by atoms with E-state index >= 15 is 0 Å². The lowest BCUT2D eigenvalue weighted by molar-refractivity contribution is -0.141. The van der Waals surface area contributed by atoms with Crippen molar-refractivity contribution in [3.8, 4) is 23.2 Å². The van der Waals surface area contributed by atoms with E-state index in [1.54, 1.807) is 12.3 Å². The summed E-state index contributed by atoms with van der Waals surface area (Å²) in [5.74, 6) is -0.0241. The van der Waals surface area contributed by atoms with E-state index in [2.05, 4.69) is 41.3 Å². The first-order valence-corrected chi connectivity index (χ1v) is 14.8. The molecular weight excluding hydrogens is 575 g/mol. The van der Waals surface area contributed by atoms with Gasteiger partial charge >= 0.3 is 6.18 Å². The molecular formula is C30H34F3N9O2. The summed E-state index contributed by atoms with van der Waals surface area (Å²) >= 11 is 0. The molecule has 4 aromatic rings. The summed E-state index contributed by atoms with van der Waals surface area (Å²) in [6, 6.07) is 7.13. The number of halogens is 3. The monoisotopic (exact) mass is 609 g/mol. The Kier molecular flexibility index (Phi) is 8.53. The zero-order valence-corrected chi connectivity index (χ0v) is 24.1. The molecule has 232 valence electrons. The Morgan fingerprint density at radius 1 is 1.20 bits per heavy atom. The number of alkyl halides is 3. The van der Waals surface area contributed by atoms with Gasteiger partial charge in [-0.05, 0) is 56.3 Å². The first kappa shape index (κ1) is 30.0. The fourth-order valence-corrected chi connectivity index (χ4v) is 6.28. The number of likely N-dealkylation sites (tertiary alicyclic amines) is 1. The van der Waals surface area contributed by atoms with Crippen LogP contribution in [0.25, 0.3) is 22.3 Å². The second kappa shape index (κ2) is 12.5. The van der Waals surface area contributed by atoms with Gasteiger partial charge in [-0.1, -0.05) is 0 Å². The standard InChI is InChI=1S/C30H34F3N9O2/c31-30(32,33)25-12-20(16-35-7-1-11-43)13-26(40-25)44-23-3-9-41(10-4-23)22-14-29(15-22,5-6-34)42-18-21(17-39-42)27-24-2-8-36-28(24)38-19-37-27/h2,8,12-13,17-19,22-23,35,43H,1,3-5,7,9-11,14-16H2,(H,36,37,38)/t22-,29-. The van der Waals surface area contributed by atoms with Crippen LogP contribution in [0.2, 0.25) is 0 Å². The minimum absolute atomic E-state index is 0.0101. The molecule has 1 saturated carbocycles. The number of pyridine rings is 1. The Balaban J connectivity index is 1.07. The summed E-state index contributed by atoms with van der Waals surface area (Å²) in [4.78, 5) is 17.9. The topological polar surface area (TPSA) is 141 Å². The number of hydrogen-bond acceptors (Lipinski definition) is 9. The smallest absolute Gasteiger partial charge is 0.433 e. The highest BCUT2D eigenvalue weighted by molar-refractivity contribution is 5.90.